The Morgan fingerprint density at radius 1 is 0.750 bits per heavy atom. The Morgan fingerprint density at radius 2 is 1.38 bits per heavy atom. The lowest BCUT2D eigenvalue weighted by atomic mass is 10.1. The van der Waals surface area contributed by atoms with E-state index in [-0.39, 0.29) is 5.75 Å². The second-order valence-corrected chi connectivity index (χ2v) is 10.6. The molecule has 0 fully saturated rings. The molecule has 0 spiro atoms. The Bertz CT molecular complexity index is 1280. The molecule has 218 valence electrons. The monoisotopic (exact) mass is 548 g/mol. The van der Waals surface area contributed by atoms with Crippen LogP contribution >= 0.6 is 0 Å². The van der Waals surface area contributed by atoms with Gasteiger partial charge >= 0.3 is 5.63 Å². The van der Waals surface area contributed by atoms with Crippen molar-refractivity contribution in [2.75, 3.05) is 19.8 Å². The minimum absolute atomic E-state index is 0.0810. The van der Waals surface area contributed by atoms with Crippen molar-refractivity contribution in [2.24, 2.45) is 0 Å². The third-order valence-corrected chi connectivity index (χ3v) is 6.26. The molecule has 2 aromatic rings. The maximum absolute atomic E-state index is 13.0. The Kier molecular flexibility index (Phi) is 14.7. The van der Waals surface area contributed by atoms with Crippen LogP contribution in [0, 0.1) is 0 Å². The molecule has 1 aromatic carbocycles. The summed E-state index contributed by atoms with van der Waals surface area (Å²) in [6.07, 6.45) is 18.3. The first-order chi connectivity index (χ1) is 19.2. The molecule has 0 unspecified atom stereocenters. The maximum atomic E-state index is 13.0. The zero-order valence-corrected chi connectivity index (χ0v) is 25.6. The number of ether oxygens (including phenoxy) is 3. The van der Waals surface area contributed by atoms with Crippen LogP contribution in [0.2, 0.25) is 0 Å². The van der Waals surface area contributed by atoms with Crippen LogP contribution in [0.5, 0.6) is 17.2 Å². The predicted molar refractivity (Wildman–Crippen MR) is 168 cm³/mol. The fourth-order valence-electron chi connectivity index (χ4n) is 3.99. The van der Waals surface area contributed by atoms with Crippen LogP contribution in [0.15, 0.2) is 86.2 Å². The molecule has 0 saturated carbocycles. The first-order valence-electron chi connectivity index (χ1n) is 14.4. The Balaban J connectivity index is 2.35. The van der Waals surface area contributed by atoms with Crippen LogP contribution in [0.1, 0.15) is 87.0 Å². The van der Waals surface area contributed by atoms with E-state index in [1.165, 1.54) is 22.3 Å². The molecule has 1 heterocycles. The first kappa shape index (κ1) is 32.7. The number of allylic oxidation sites excluding steroid dienone is 7. The SMILES string of the molecule is CCC=CCCOc1c(OCC=C(C)CCC=C(C)C)c2c(OCC=C(C)CCC=C(C)C)cccc2oc1=O. The molecule has 40 heavy (non-hydrogen) atoms. The molecule has 0 aliphatic carbocycles. The molecule has 0 radical (unpaired) electrons. The average Bonchev–Trinajstić information content (AvgIpc) is 2.89. The summed E-state index contributed by atoms with van der Waals surface area (Å²) in [5.41, 5.74) is 4.97. The second kappa shape index (κ2) is 18.0. The quantitative estimate of drug-likeness (QED) is 0.112. The van der Waals surface area contributed by atoms with E-state index in [4.69, 9.17) is 18.6 Å². The van der Waals surface area contributed by atoms with Gasteiger partial charge in [0.25, 0.3) is 0 Å². The van der Waals surface area contributed by atoms with Crippen molar-refractivity contribution in [1.29, 1.82) is 0 Å². The van der Waals surface area contributed by atoms with E-state index in [0.717, 1.165) is 32.1 Å². The summed E-state index contributed by atoms with van der Waals surface area (Å²) >= 11 is 0. The molecule has 0 N–H and O–H groups in total. The molecule has 0 atom stereocenters. The zero-order chi connectivity index (χ0) is 29.3. The van der Waals surface area contributed by atoms with Crippen LogP contribution in [-0.2, 0) is 0 Å². The first-order valence-corrected chi connectivity index (χ1v) is 14.4. The normalized spacial score (nSPS) is 12.1. The molecule has 1 aromatic heterocycles. The van der Waals surface area contributed by atoms with Crippen molar-refractivity contribution < 1.29 is 18.6 Å². The summed E-state index contributed by atoms with van der Waals surface area (Å²) in [6, 6.07) is 5.44. The summed E-state index contributed by atoms with van der Waals surface area (Å²) in [5, 5.41) is 0.604. The van der Waals surface area contributed by atoms with E-state index in [2.05, 4.69) is 78.8 Å². The second-order valence-electron chi connectivity index (χ2n) is 10.6. The van der Waals surface area contributed by atoms with Crippen molar-refractivity contribution in [3.8, 4) is 17.2 Å². The summed E-state index contributed by atoms with van der Waals surface area (Å²) in [4.78, 5) is 13.0. The fraction of sp³-hybridized carbons (Fsp3) is 0.457. The van der Waals surface area contributed by atoms with E-state index in [9.17, 15) is 4.79 Å². The lowest BCUT2D eigenvalue weighted by Crippen LogP contribution is -2.12. The lowest BCUT2D eigenvalue weighted by molar-refractivity contribution is 0.274. The van der Waals surface area contributed by atoms with E-state index < -0.39 is 5.63 Å². The van der Waals surface area contributed by atoms with Gasteiger partial charge in [0.15, 0.2) is 5.75 Å². The van der Waals surface area contributed by atoms with Crippen LogP contribution in [-0.4, -0.2) is 19.8 Å². The van der Waals surface area contributed by atoms with Gasteiger partial charge in [-0.1, -0.05) is 59.6 Å². The summed E-state index contributed by atoms with van der Waals surface area (Å²) in [6.45, 7) is 15.8. The highest BCUT2D eigenvalue weighted by Crippen LogP contribution is 2.39. The molecule has 0 aliphatic rings. The Hall–Kier alpha value is -3.47. The maximum Gasteiger partial charge on any atom is 0.383 e. The molecule has 0 amide bonds. The molecule has 0 bridgehead atoms. The highest BCUT2D eigenvalue weighted by molar-refractivity contribution is 5.91. The van der Waals surface area contributed by atoms with Crippen molar-refractivity contribution in [1.82, 2.24) is 0 Å². The van der Waals surface area contributed by atoms with Gasteiger partial charge in [-0.25, -0.2) is 4.79 Å². The van der Waals surface area contributed by atoms with Gasteiger partial charge in [0.05, 0.1) is 6.61 Å². The van der Waals surface area contributed by atoms with Gasteiger partial charge < -0.3 is 18.6 Å². The summed E-state index contributed by atoms with van der Waals surface area (Å²) < 4.78 is 24.1. The molecule has 5 heteroatoms. The topological polar surface area (TPSA) is 57.9 Å². The smallest absolute Gasteiger partial charge is 0.383 e. The molecule has 0 saturated heterocycles. The highest BCUT2D eigenvalue weighted by Gasteiger charge is 2.21. The number of hydrogen-bond donors (Lipinski definition) is 0. The molecule has 2 rings (SSSR count). The van der Waals surface area contributed by atoms with Gasteiger partial charge in [0.2, 0.25) is 5.75 Å². The molecular weight excluding hydrogens is 500 g/mol. The zero-order valence-electron chi connectivity index (χ0n) is 25.6. The predicted octanol–water partition coefficient (Wildman–Crippen LogP) is 9.67. The minimum atomic E-state index is -0.557. The third-order valence-electron chi connectivity index (χ3n) is 6.26. The largest absolute Gasteiger partial charge is 0.489 e. The number of rotatable bonds is 17. The van der Waals surface area contributed by atoms with E-state index in [1.807, 2.05) is 18.2 Å². The van der Waals surface area contributed by atoms with Gasteiger partial charge in [-0.3, -0.25) is 0 Å². The van der Waals surface area contributed by atoms with Crippen molar-refractivity contribution in [2.45, 2.75) is 87.0 Å². The van der Waals surface area contributed by atoms with Crippen molar-refractivity contribution in [3.63, 3.8) is 0 Å². The van der Waals surface area contributed by atoms with Crippen LogP contribution in [0.3, 0.4) is 0 Å². The fourth-order valence-corrected chi connectivity index (χ4v) is 3.99. The van der Waals surface area contributed by atoms with E-state index in [1.54, 1.807) is 6.07 Å². The Morgan fingerprint density at radius 3 is 1.98 bits per heavy atom. The van der Waals surface area contributed by atoms with Crippen LogP contribution in [0.4, 0.5) is 0 Å². The molecular formula is C35H48O5. The Labute approximate surface area is 240 Å². The molecule has 5 nitrogen and oxygen atoms in total. The van der Waals surface area contributed by atoms with Gasteiger partial charge in [0.1, 0.15) is 29.9 Å². The van der Waals surface area contributed by atoms with Crippen LogP contribution < -0.4 is 19.8 Å². The van der Waals surface area contributed by atoms with Crippen molar-refractivity contribution >= 4 is 11.0 Å². The lowest BCUT2D eigenvalue weighted by Gasteiger charge is -2.15. The number of fused-ring (bicyclic) bond motifs is 1. The van der Waals surface area contributed by atoms with Gasteiger partial charge in [-0.15, -0.1) is 0 Å². The standard InChI is InChI=1S/C35H48O5/c1-8-9-10-11-23-38-34-33(39-25-22-29(7)18-13-16-27(4)5)32-30(19-14-20-31(32)40-35(34)36)37-24-21-28(6)17-12-15-26(2)3/h9-10,14-16,19-22H,8,11-13,17-18,23-25H2,1-7H3. The summed E-state index contributed by atoms with van der Waals surface area (Å²) in [5.74, 6) is 1.03. The molecule has 0 aliphatic heterocycles. The summed E-state index contributed by atoms with van der Waals surface area (Å²) in [7, 11) is 0. The van der Waals surface area contributed by atoms with Gasteiger partial charge in [-0.05, 0) is 104 Å². The number of benzene rings is 1. The van der Waals surface area contributed by atoms with Crippen LogP contribution in [0.25, 0.3) is 11.0 Å². The van der Waals surface area contributed by atoms with E-state index in [0.29, 0.717) is 48.7 Å². The van der Waals surface area contributed by atoms with Gasteiger partial charge in [-0.2, -0.15) is 0 Å². The third kappa shape index (κ3) is 11.7. The highest BCUT2D eigenvalue weighted by atomic mass is 16.5. The minimum Gasteiger partial charge on any atom is -0.489 e. The van der Waals surface area contributed by atoms with Crippen molar-refractivity contribution in [3.05, 3.63) is 87.4 Å². The average molecular weight is 549 g/mol. The van der Waals surface area contributed by atoms with Gasteiger partial charge in [0, 0.05) is 0 Å². The van der Waals surface area contributed by atoms with E-state index >= 15 is 0 Å². The number of hydrogen-bond acceptors (Lipinski definition) is 5.